The van der Waals surface area contributed by atoms with E-state index in [1.165, 1.54) is 4.46 Å². The largest absolute Gasteiger partial charge is 0 e. The molecule has 0 aliphatic heterocycles. The maximum absolute atomic E-state index is 2.90. The van der Waals surface area contributed by atoms with Gasteiger partial charge in [0.2, 0.25) is 0 Å². The van der Waals surface area contributed by atoms with E-state index in [2.05, 4.69) is 16.0 Å². The Morgan fingerprint density at radius 3 is 1.67 bits per heavy atom. The van der Waals surface area contributed by atoms with Crippen molar-refractivity contribution in [1.82, 2.24) is 0 Å². The van der Waals surface area contributed by atoms with Gasteiger partial charge in [0.05, 0.1) is 0 Å². The summed E-state index contributed by atoms with van der Waals surface area (Å²) in [6, 6.07) is 10.1. The van der Waals surface area contributed by atoms with Crippen molar-refractivity contribution in [3.05, 3.63) is 30.3 Å². The monoisotopic (exact) mass is 256 g/mol. The predicted octanol–water partition coefficient (Wildman–Crippen LogP) is -2.52. The average Bonchev–Trinajstić information content (AvgIpc) is 1.69. The maximum atomic E-state index is 2.90. The fourth-order valence-electron chi connectivity index (χ4n) is 0.420. The van der Waals surface area contributed by atoms with Crippen LogP contribution in [0.25, 0.3) is 0 Å². The van der Waals surface area contributed by atoms with Crippen LogP contribution in [0.4, 0.5) is 0 Å². The van der Waals surface area contributed by atoms with Gasteiger partial charge >= 0.3 is 50.8 Å². The Morgan fingerprint density at radius 1 is 1.00 bits per heavy atom. The summed E-state index contributed by atoms with van der Waals surface area (Å²) in [7, 11) is 0. The van der Waals surface area contributed by atoms with E-state index in [0.29, 0.717) is 0 Å². The molecule has 0 nitrogen and oxygen atoms in total. The molecule has 1 aromatic carbocycles. The Kier molecular flexibility index (Phi) is 9.28. The molecule has 0 atom stereocenters. The van der Waals surface area contributed by atoms with Crippen LogP contribution in [0.2, 0.25) is 0 Å². The van der Waals surface area contributed by atoms with Crippen molar-refractivity contribution < 1.29 is 31.9 Å². The summed E-state index contributed by atoms with van der Waals surface area (Å²) in [6.07, 6.45) is 0. The van der Waals surface area contributed by atoms with Gasteiger partial charge in [0.25, 0.3) is 0 Å². The Labute approximate surface area is 82.4 Å². The van der Waals surface area contributed by atoms with Crippen LogP contribution >= 0.6 is 0 Å². The Bertz CT molecular complexity index is 143. The first-order chi connectivity index (χ1) is 3.39. The second-order valence-corrected chi connectivity index (χ2v) is 2.30. The normalized spacial score (nSPS) is 6.67. The summed E-state index contributed by atoms with van der Waals surface area (Å²) in [4.78, 5) is 0. The Hall–Kier alpha value is 0.653. The number of halogens is 1. The van der Waals surface area contributed by atoms with Gasteiger partial charge in [-0.1, -0.05) is 0 Å². The quantitative estimate of drug-likeness (QED) is 0.450. The first kappa shape index (κ1) is 12.3. The van der Waals surface area contributed by atoms with Gasteiger partial charge in [-0.3, -0.25) is 0 Å². The number of hydrogen-bond donors (Lipinski definition) is 0. The molecule has 0 bridgehead atoms. The number of benzene rings is 1. The first-order valence-electron chi connectivity index (χ1n) is 2.11. The Morgan fingerprint density at radius 2 is 1.44 bits per heavy atom. The topological polar surface area (TPSA) is 0 Å². The smallest absolute Gasteiger partial charge is 0 e. The molecule has 1 aromatic rings. The fraction of sp³-hybridized carbons (Fsp3) is 0. The third kappa shape index (κ3) is 5.12. The van der Waals surface area contributed by atoms with E-state index in [1.807, 2.05) is 30.3 Å². The molecule has 0 N–H and O–H groups in total. The zero-order valence-corrected chi connectivity index (χ0v) is 10.3. The van der Waals surface area contributed by atoms with Crippen LogP contribution in [0.5, 0.6) is 0 Å². The van der Waals surface area contributed by atoms with Crippen molar-refractivity contribution in [3.8, 4) is 0 Å². The number of hydrogen-bond acceptors (Lipinski definition) is 0. The molecule has 0 aliphatic rings. The molecule has 0 amide bonds. The predicted molar refractivity (Wildman–Crippen MR) is 31.8 cm³/mol. The summed E-state index contributed by atoms with van der Waals surface area (Å²) in [5, 5.41) is 0. The van der Waals surface area contributed by atoms with Gasteiger partial charge < -0.3 is 12.4 Å². The molecule has 0 saturated carbocycles. The van der Waals surface area contributed by atoms with Crippen LogP contribution in [0.15, 0.2) is 30.3 Å². The summed E-state index contributed by atoms with van der Waals surface area (Å²) >= 11 is 2.90. The average molecular weight is 257 g/mol. The minimum atomic E-state index is 0. The first-order valence-corrected chi connectivity index (χ1v) is 2.97. The maximum Gasteiger partial charge on any atom is 0 e. The van der Waals surface area contributed by atoms with Crippen molar-refractivity contribution in [2.45, 2.75) is 0 Å². The molecule has 45 valence electrons. The van der Waals surface area contributed by atoms with E-state index in [-0.39, 0.29) is 31.9 Å². The van der Waals surface area contributed by atoms with Crippen LogP contribution in [0, 0.1) is 0 Å². The molecule has 0 aliphatic carbocycles. The van der Waals surface area contributed by atoms with Gasteiger partial charge in [-0.2, -0.15) is 0 Å². The zero-order valence-electron chi connectivity index (χ0n) is 4.88. The van der Waals surface area contributed by atoms with Crippen molar-refractivity contribution in [1.29, 1.82) is 0 Å². The van der Waals surface area contributed by atoms with Gasteiger partial charge in [0.1, 0.15) is 0 Å². The molecular formula is C6H5ClSeZn-. The Balaban J connectivity index is 0. The molecule has 0 fully saturated rings. The molecule has 0 unspecified atom stereocenters. The van der Waals surface area contributed by atoms with Crippen LogP contribution in [0.3, 0.4) is 0 Å². The standard InChI is InChI=1S/C6H5Se.ClH.Zn/c7-6-4-2-1-3-5-6;;/h1-5H;1H;/p-1. The van der Waals surface area contributed by atoms with E-state index < -0.39 is 0 Å². The van der Waals surface area contributed by atoms with E-state index in [0.717, 1.165) is 0 Å². The van der Waals surface area contributed by atoms with Gasteiger partial charge in [0, 0.05) is 19.5 Å². The van der Waals surface area contributed by atoms with E-state index in [9.17, 15) is 0 Å². The summed E-state index contributed by atoms with van der Waals surface area (Å²) < 4.78 is 1.20. The molecular weight excluding hydrogens is 252 g/mol. The van der Waals surface area contributed by atoms with Crippen LogP contribution < -0.4 is 16.9 Å². The van der Waals surface area contributed by atoms with Crippen LogP contribution in [-0.2, 0) is 19.5 Å². The van der Waals surface area contributed by atoms with Gasteiger partial charge in [0.15, 0.2) is 0 Å². The molecule has 1 radical (unpaired) electrons. The molecule has 3 heteroatoms. The van der Waals surface area contributed by atoms with Crippen LogP contribution in [-0.4, -0.2) is 16.0 Å². The third-order valence-corrected chi connectivity index (χ3v) is 1.31. The van der Waals surface area contributed by atoms with Gasteiger partial charge in [-0.25, -0.2) is 0 Å². The molecule has 0 heterocycles. The molecule has 0 aromatic heterocycles. The minimum absolute atomic E-state index is 0. The molecule has 0 saturated heterocycles. The summed E-state index contributed by atoms with van der Waals surface area (Å²) in [5.74, 6) is 0. The SMILES string of the molecule is [Cl-].[Se]c1ccccc1.[Zn]. The van der Waals surface area contributed by atoms with E-state index in [1.54, 1.807) is 0 Å². The van der Waals surface area contributed by atoms with Gasteiger partial charge in [-0.15, -0.1) is 0 Å². The van der Waals surface area contributed by atoms with E-state index in [4.69, 9.17) is 0 Å². The summed E-state index contributed by atoms with van der Waals surface area (Å²) in [6.45, 7) is 0. The zero-order chi connectivity index (χ0) is 5.11. The van der Waals surface area contributed by atoms with Crippen molar-refractivity contribution in [3.63, 3.8) is 0 Å². The van der Waals surface area contributed by atoms with Gasteiger partial charge in [-0.05, 0) is 0 Å². The second kappa shape index (κ2) is 6.77. The van der Waals surface area contributed by atoms with Crippen LogP contribution in [0.1, 0.15) is 0 Å². The fourth-order valence-corrected chi connectivity index (χ4v) is 0.750. The van der Waals surface area contributed by atoms with Crippen molar-refractivity contribution in [2.75, 3.05) is 0 Å². The van der Waals surface area contributed by atoms with E-state index >= 15 is 0 Å². The molecule has 1 rings (SSSR count). The summed E-state index contributed by atoms with van der Waals surface area (Å²) in [5.41, 5.74) is 0. The minimum Gasteiger partial charge on any atom is 0 e. The molecule has 9 heavy (non-hydrogen) atoms. The third-order valence-electron chi connectivity index (χ3n) is 0.743. The van der Waals surface area contributed by atoms with Crippen molar-refractivity contribution >= 4 is 20.5 Å². The van der Waals surface area contributed by atoms with Crippen molar-refractivity contribution in [2.24, 2.45) is 0 Å². The second-order valence-electron chi connectivity index (χ2n) is 1.31. The molecule has 0 spiro atoms. The number of rotatable bonds is 0.